The van der Waals surface area contributed by atoms with Crippen LogP contribution in [0, 0.1) is 0 Å². The number of amidine groups is 1. The Labute approximate surface area is 176 Å². The van der Waals surface area contributed by atoms with E-state index in [4.69, 9.17) is 11.5 Å². The van der Waals surface area contributed by atoms with Crippen LogP contribution in [0.5, 0.6) is 0 Å². The lowest BCUT2D eigenvalue weighted by Gasteiger charge is -2.41. The van der Waals surface area contributed by atoms with E-state index < -0.39 is 5.41 Å². The Hall–Kier alpha value is -3.61. The number of nitrogens with zero attached hydrogens (tertiary/aromatic N) is 4. The van der Waals surface area contributed by atoms with Gasteiger partial charge in [-0.3, -0.25) is 9.78 Å². The fourth-order valence-corrected chi connectivity index (χ4v) is 3.47. The van der Waals surface area contributed by atoms with E-state index in [1.165, 1.54) is 0 Å². The maximum Gasteiger partial charge on any atom is 0.278 e. The Morgan fingerprint density at radius 1 is 0.967 bits per heavy atom. The molecule has 0 spiro atoms. The van der Waals surface area contributed by atoms with Gasteiger partial charge in [-0.25, -0.2) is 9.97 Å². The molecule has 0 radical (unpaired) electrons. The van der Waals surface area contributed by atoms with Crippen LogP contribution in [0.4, 0.5) is 5.95 Å². The van der Waals surface area contributed by atoms with E-state index in [9.17, 15) is 4.79 Å². The molecule has 4 rings (SSSR count). The molecule has 1 aromatic carbocycles. The molecule has 7 nitrogen and oxygen atoms in total. The van der Waals surface area contributed by atoms with Gasteiger partial charge in [-0.15, -0.1) is 0 Å². The number of rotatable bonds is 4. The minimum absolute atomic E-state index is 0.247. The Balaban J connectivity index is 0.00000124. The first kappa shape index (κ1) is 21.1. The van der Waals surface area contributed by atoms with Gasteiger partial charge in [0.2, 0.25) is 5.95 Å². The van der Waals surface area contributed by atoms with Crippen LogP contribution < -0.4 is 11.5 Å². The van der Waals surface area contributed by atoms with Crippen LogP contribution in [-0.2, 0) is 5.41 Å². The summed E-state index contributed by atoms with van der Waals surface area (Å²) in [6.45, 7) is 4.00. The maximum atomic E-state index is 12.4. The van der Waals surface area contributed by atoms with Crippen LogP contribution in [0.15, 0.2) is 66.2 Å². The van der Waals surface area contributed by atoms with E-state index >= 15 is 0 Å². The van der Waals surface area contributed by atoms with Gasteiger partial charge in [-0.05, 0) is 36.1 Å². The van der Waals surface area contributed by atoms with Crippen molar-refractivity contribution in [3.05, 3.63) is 72.3 Å². The summed E-state index contributed by atoms with van der Waals surface area (Å²) in [4.78, 5) is 28.6. The zero-order chi connectivity index (χ0) is 21.6. The number of aromatic nitrogens is 3. The number of benzene rings is 1. The fourth-order valence-electron chi connectivity index (χ4n) is 3.47. The summed E-state index contributed by atoms with van der Waals surface area (Å²) in [5, 5.41) is 0. The number of aliphatic imine (C=N–C) groups is 1. The van der Waals surface area contributed by atoms with Crippen LogP contribution in [0.2, 0.25) is 0 Å². The molecule has 30 heavy (non-hydrogen) atoms. The average molecular weight is 403 g/mol. The summed E-state index contributed by atoms with van der Waals surface area (Å²) >= 11 is 0. The second-order valence-electron chi connectivity index (χ2n) is 6.88. The maximum absolute atomic E-state index is 12.4. The smallest absolute Gasteiger partial charge is 0.278 e. The van der Waals surface area contributed by atoms with Gasteiger partial charge in [0, 0.05) is 35.9 Å². The zero-order valence-corrected chi connectivity index (χ0v) is 17.2. The lowest BCUT2D eigenvalue weighted by molar-refractivity contribution is 0.100. The van der Waals surface area contributed by atoms with E-state index in [1.807, 2.05) is 38.1 Å². The van der Waals surface area contributed by atoms with Crippen molar-refractivity contribution < 1.29 is 4.79 Å². The monoisotopic (exact) mass is 402 g/mol. The number of hydrogen-bond donors (Lipinski definition) is 2. The molecule has 3 aromatic rings. The lowest BCUT2D eigenvalue weighted by Crippen LogP contribution is -2.47. The number of nitrogen functional groups attached to an aromatic ring is 1. The third-order valence-electron chi connectivity index (χ3n) is 5.29. The first-order valence-electron chi connectivity index (χ1n) is 10.1. The van der Waals surface area contributed by atoms with E-state index in [0.717, 1.165) is 36.0 Å². The van der Waals surface area contributed by atoms with Crippen molar-refractivity contribution in [2.45, 2.75) is 38.5 Å². The SMILES string of the molecule is CC.NC(=NC(=O)c1ccncc1)C1(c2ccc(-c3cnc(N)nc3)cc2)CCC1. The molecule has 4 N–H and O–H groups in total. The number of nitrogens with two attached hydrogens (primary N) is 2. The number of anilines is 1. The van der Waals surface area contributed by atoms with Crippen molar-refractivity contribution in [2.75, 3.05) is 5.73 Å². The predicted octanol–water partition coefficient (Wildman–Crippen LogP) is 3.77. The van der Waals surface area contributed by atoms with Crippen LogP contribution in [0.1, 0.15) is 49.0 Å². The highest BCUT2D eigenvalue weighted by Crippen LogP contribution is 2.44. The molecule has 1 saturated carbocycles. The highest BCUT2D eigenvalue weighted by atomic mass is 16.1. The second-order valence-corrected chi connectivity index (χ2v) is 6.88. The molecule has 2 heterocycles. The average Bonchev–Trinajstić information content (AvgIpc) is 2.76. The summed E-state index contributed by atoms with van der Waals surface area (Å²) in [6, 6.07) is 11.3. The second kappa shape index (κ2) is 9.26. The largest absolute Gasteiger partial charge is 0.386 e. The molecule has 0 atom stereocenters. The number of amides is 1. The van der Waals surface area contributed by atoms with Gasteiger partial charge in [0.05, 0.1) is 5.41 Å². The molecule has 7 heteroatoms. The number of pyridine rings is 1. The third-order valence-corrected chi connectivity index (χ3v) is 5.29. The standard InChI is InChI=1S/C21H20N6O.C2H6/c22-19(27-18(28)15-6-10-24-11-7-15)21(8-1-9-21)17-4-2-14(3-5-17)16-12-25-20(23)26-13-16;1-2/h2-7,10-13H,1,8-9H2,(H2,22,27,28)(H2,23,25,26);1-2H3. The number of hydrogen-bond acceptors (Lipinski definition) is 5. The van der Waals surface area contributed by atoms with E-state index in [-0.39, 0.29) is 11.9 Å². The normalized spacial score (nSPS) is 14.8. The van der Waals surface area contributed by atoms with Crippen molar-refractivity contribution in [1.29, 1.82) is 0 Å². The van der Waals surface area contributed by atoms with Crippen molar-refractivity contribution in [2.24, 2.45) is 10.7 Å². The van der Waals surface area contributed by atoms with Crippen molar-refractivity contribution in [3.8, 4) is 11.1 Å². The summed E-state index contributed by atoms with van der Waals surface area (Å²) in [5.41, 5.74) is 14.9. The highest BCUT2D eigenvalue weighted by molar-refractivity contribution is 6.06. The van der Waals surface area contributed by atoms with Crippen LogP contribution in [-0.4, -0.2) is 26.7 Å². The van der Waals surface area contributed by atoms with Crippen molar-refractivity contribution in [1.82, 2.24) is 15.0 Å². The Kier molecular flexibility index (Phi) is 6.51. The topological polar surface area (TPSA) is 120 Å². The Morgan fingerprint density at radius 2 is 1.57 bits per heavy atom. The molecule has 154 valence electrons. The van der Waals surface area contributed by atoms with E-state index in [0.29, 0.717) is 11.4 Å². The first-order chi connectivity index (χ1) is 14.6. The fraction of sp³-hybridized carbons (Fsp3) is 0.261. The number of carbonyl (C=O) groups is 1. The van der Waals surface area contributed by atoms with Gasteiger partial charge in [-0.1, -0.05) is 44.5 Å². The van der Waals surface area contributed by atoms with Crippen LogP contribution >= 0.6 is 0 Å². The molecule has 0 saturated heterocycles. The van der Waals surface area contributed by atoms with Gasteiger partial charge in [0.15, 0.2) is 0 Å². The van der Waals surface area contributed by atoms with Crippen molar-refractivity contribution >= 4 is 17.7 Å². The van der Waals surface area contributed by atoms with E-state index in [2.05, 4.69) is 19.9 Å². The number of carbonyl (C=O) groups excluding carboxylic acids is 1. The molecule has 1 aliphatic rings. The lowest BCUT2D eigenvalue weighted by atomic mass is 9.63. The molecule has 0 bridgehead atoms. The molecule has 1 fully saturated rings. The summed E-state index contributed by atoms with van der Waals surface area (Å²) < 4.78 is 0. The van der Waals surface area contributed by atoms with Gasteiger partial charge in [0.1, 0.15) is 5.84 Å². The first-order valence-corrected chi connectivity index (χ1v) is 10.1. The van der Waals surface area contributed by atoms with Gasteiger partial charge < -0.3 is 11.5 Å². The third kappa shape index (κ3) is 4.20. The quantitative estimate of drug-likeness (QED) is 0.506. The molecule has 2 aromatic heterocycles. The molecule has 1 amide bonds. The molecular formula is C23H26N6O. The summed E-state index contributed by atoms with van der Waals surface area (Å²) in [7, 11) is 0. The van der Waals surface area contributed by atoms with Crippen LogP contribution in [0.3, 0.4) is 0 Å². The Bertz CT molecular complexity index is 1010. The molecule has 0 aliphatic heterocycles. The van der Waals surface area contributed by atoms with Crippen LogP contribution in [0.25, 0.3) is 11.1 Å². The zero-order valence-electron chi connectivity index (χ0n) is 17.2. The van der Waals surface area contributed by atoms with Crippen molar-refractivity contribution in [3.63, 3.8) is 0 Å². The highest BCUT2D eigenvalue weighted by Gasteiger charge is 2.42. The van der Waals surface area contributed by atoms with E-state index in [1.54, 1.807) is 36.9 Å². The molecule has 0 unspecified atom stereocenters. The minimum Gasteiger partial charge on any atom is -0.386 e. The summed E-state index contributed by atoms with van der Waals surface area (Å²) in [5.74, 6) is 0.266. The molecular weight excluding hydrogens is 376 g/mol. The van der Waals surface area contributed by atoms with Gasteiger partial charge in [-0.2, -0.15) is 4.99 Å². The summed E-state index contributed by atoms with van der Waals surface area (Å²) in [6.07, 6.45) is 9.31. The molecule has 1 aliphatic carbocycles. The minimum atomic E-state index is -0.390. The predicted molar refractivity (Wildman–Crippen MR) is 119 cm³/mol. The van der Waals surface area contributed by atoms with Gasteiger partial charge in [0.25, 0.3) is 5.91 Å². The van der Waals surface area contributed by atoms with Gasteiger partial charge >= 0.3 is 0 Å². The Morgan fingerprint density at radius 3 is 2.10 bits per heavy atom.